The number of allylic oxidation sites excluding steroid dienone is 4. The molecule has 3 rings (SSSR count). The Balaban J connectivity index is 1.84. The lowest BCUT2D eigenvalue weighted by atomic mass is 9.60. The minimum absolute atomic E-state index is 0.124. The van der Waals surface area contributed by atoms with E-state index in [1.807, 2.05) is 0 Å². The summed E-state index contributed by atoms with van der Waals surface area (Å²) >= 11 is 0. The van der Waals surface area contributed by atoms with Gasteiger partial charge >= 0.3 is 0 Å². The number of hydrogen-bond donors (Lipinski definition) is 0. The smallest absolute Gasteiger partial charge is 0.140 e. The largest absolute Gasteiger partial charge is 0.300 e. The Kier molecular flexibility index (Phi) is 2.53. The van der Waals surface area contributed by atoms with Crippen molar-refractivity contribution in [2.45, 2.75) is 44.9 Å². The molecule has 0 heterocycles. The molecule has 0 radical (unpaired) electrons. The molecule has 1 unspecified atom stereocenters. The summed E-state index contributed by atoms with van der Waals surface area (Å²) in [6.07, 6.45) is 12.1. The lowest BCUT2D eigenvalue weighted by molar-refractivity contribution is -0.130. The van der Waals surface area contributed by atoms with Crippen LogP contribution in [-0.2, 0) is 9.59 Å². The number of carbonyl (C=O) groups is 2. The van der Waals surface area contributed by atoms with E-state index in [-0.39, 0.29) is 11.3 Å². The number of ketones is 2. The van der Waals surface area contributed by atoms with Crippen LogP contribution in [0.15, 0.2) is 23.8 Å². The van der Waals surface area contributed by atoms with Crippen LogP contribution in [-0.4, -0.2) is 11.6 Å². The lowest BCUT2D eigenvalue weighted by Gasteiger charge is -2.43. The zero-order valence-electron chi connectivity index (χ0n) is 10.1. The standard InChI is InChI=1S/C15H18O2/c16-12-5-7-15(8-6-12)9-11-3-1-2-4-13(11)14(17)10-15/h1-3,13H,4-10H2. The quantitative estimate of drug-likeness (QED) is 0.641. The van der Waals surface area contributed by atoms with Crippen molar-refractivity contribution in [3.8, 4) is 0 Å². The lowest BCUT2D eigenvalue weighted by Crippen LogP contribution is -2.38. The molecular formula is C15H18O2. The van der Waals surface area contributed by atoms with Gasteiger partial charge in [-0.25, -0.2) is 0 Å². The normalized spacial score (nSPS) is 31.3. The van der Waals surface area contributed by atoms with E-state index < -0.39 is 0 Å². The number of fused-ring (bicyclic) bond motifs is 1. The van der Waals surface area contributed by atoms with Crippen molar-refractivity contribution in [1.29, 1.82) is 0 Å². The van der Waals surface area contributed by atoms with Gasteiger partial charge in [0.1, 0.15) is 11.6 Å². The molecule has 0 amide bonds. The summed E-state index contributed by atoms with van der Waals surface area (Å²) in [5.41, 5.74) is 1.44. The first-order valence-corrected chi connectivity index (χ1v) is 6.59. The predicted molar refractivity (Wildman–Crippen MR) is 65.5 cm³/mol. The zero-order valence-corrected chi connectivity index (χ0v) is 10.1. The molecular weight excluding hydrogens is 212 g/mol. The minimum Gasteiger partial charge on any atom is -0.300 e. The Morgan fingerprint density at radius 3 is 2.65 bits per heavy atom. The Hall–Kier alpha value is -1.18. The van der Waals surface area contributed by atoms with E-state index in [1.165, 1.54) is 5.57 Å². The fourth-order valence-corrected chi connectivity index (χ4v) is 3.60. The molecule has 2 fully saturated rings. The Morgan fingerprint density at radius 1 is 1.12 bits per heavy atom. The van der Waals surface area contributed by atoms with Crippen molar-refractivity contribution >= 4 is 11.6 Å². The Bertz CT molecular complexity index is 418. The highest BCUT2D eigenvalue weighted by Crippen LogP contribution is 2.50. The highest BCUT2D eigenvalue weighted by molar-refractivity contribution is 5.87. The Morgan fingerprint density at radius 2 is 1.88 bits per heavy atom. The third-order valence-corrected chi connectivity index (χ3v) is 4.65. The molecule has 0 aliphatic heterocycles. The van der Waals surface area contributed by atoms with Crippen LogP contribution < -0.4 is 0 Å². The van der Waals surface area contributed by atoms with Crippen molar-refractivity contribution < 1.29 is 9.59 Å². The Labute approximate surface area is 102 Å². The van der Waals surface area contributed by atoms with Gasteiger partial charge in [0.15, 0.2) is 0 Å². The van der Waals surface area contributed by atoms with Gasteiger partial charge in [-0.05, 0) is 31.1 Å². The molecule has 17 heavy (non-hydrogen) atoms. The molecule has 0 saturated heterocycles. The molecule has 0 N–H and O–H groups in total. The summed E-state index contributed by atoms with van der Waals surface area (Å²) in [6.45, 7) is 0. The van der Waals surface area contributed by atoms with Crippen LogP contribution in [0.3, 0.4) is 0 Å². The molecule has 2 nitrogen and oxygen atoms in total. The number of hydrogen-bond acceptors (Lipinski definition) is 2. The molecule has 2 heteroatoms. The molecule has 3 aliphatic carbocycles. The summed E-state index contributed by atoms with van der Waals surface area (Å²) in [5, 5.41) is 0. The summed E-state index contributed by atoms with van der Waals surface area (Å²) in [4.78, 5) is 23.6. The third kappa shape index (κ3) is 1.90. The second kappa shape index (κ2) is 3.94. The fraction of sp³-hybridized carbons (Fsp3) is 0.600. The van der Waals surface area contributed by atoms with Gasteiger partial charge in [-0.1, -0.05) is 23.8 Å². The highest BCUT2D eigenvalue weighted by atomic mass is 16.1. The van der Waals surface area contributed by atoms with Gasteiger partial charge in [-0.15, -0.1) is 0 Å². The molecule has 0 aromatic carbocycles. The molecule has 2 saturated carbocycles. The maximum absolute atomic E-state index is 12.2. The summed E-state index contributed by atoms with van der Waals surface area (Å²) in [5.74, 6) is 0.937. The van der Waals surface area contributed by atoms with Gasteiger partial charge in [-0.3, -0.25) is 9.59 Å². The van der Waals surface area contributed by atoms with Gasteiger partial charge in [-0.2, -0.15) is 0 Å². The van der Waals surface area contributed by atoms with Crippen molar-refractivity contribution in [2.24, 2.45) is 11.3 Å². The monoisotopic (exact) mass is 230 g/mol. The average Bonchev–Trinajstić information content (AvgIpc) is 2.34. The molecule has 3 aliphatic rings. The van der Waals surface area contributed by atoms with Crippen LogP contribution in [0.4, 0.5) is 0 Å². The van der Waals surface area contributed by atoms with E-state index in [4.69, 9.17) is 0 Å². The highest BCUT2D eigenvalue weighted by Gasteiger charge is 2.44. The van der Waals surface area contributed by atoms with Gasteiger partial charge < -0.3 is 0 Å². The molecule has 0 aromatic rings. The van der Waals surface area contributed by atoms with Crippen LogP contribution in [0.2, 0.25) is 0 Å². The van der Waals surface area contributed by atoms with E-state index >= 15 is 0 Å². The first kappa shape index (κ1) is 10.9. The first-order chi connectivity index (χ1) is 8.19. The van der Waals surface area contributed by atoms with Crippen LogP contribution in [0.5, 0.6) is 0 Å². The van der Waals surface area contributed by atoms with Gasteiger partial charge in [0.05, 0.1) is 0 Å². The van der Waals surface area contributed by atoms with E-state index in [1.54, 1.807) is 0 Å². The third-order valence-electron chi connectivity index (χ3n) is 4.65. The van der Waals surface area contributed by atoms with E-state index in [2.05, 4.69) is 18.2 Å². The van der Waals surface area contributed by atoms with Crippen molar-refractivity contribution in [1.82, 2.24) is 0 Å². The molecule has 0 aromatic heterocycles. The van der Waals surface area contributed by atoms with Crippen molar-refractivity contribution in [3.63, 3.8) is 0 Å². The first-order valence-electron chi connectivity index (χ1n) is 6.59. The van der Waals surface area contributed by atoms with Crippen LogP contribution in [0.25, 0.3) is 0 Å². The second-order valence-electron chi connectivity index (χ2n) is 5.82. The molecule has 1 spiro atoms. The van der Waals surface area contributed by atoms with E-state index in [0.717, 1.165) is 25.7 Å². The molecule has 1 atom stereocenters. The molecule has 90 valence electrons. The molecule has 0 bridgehead atoms. The van der Waals surface area contributed by atoms with Gasteiger partial charge in [0.2, 0.25) is 0 Å². The zero-order chi connectivity index (χ0) is 11.9. The topological polar surface area (TPSA) is 34.1 Å². The maximum atomic E-state index is 12.2. The summed E-state index contributed by atoms with van der Waals surface area (Å²) in [6, 6.07) is 0. The van der Waals surface area contributed by atoms with Crippen LogP contribution >= 0.6 is 0 Å². The maximum Gasteiger partial charge on any atom is 0.140 e. The number of carbonyl (C=O) groups excluding carboxylic acids is 2. The second-order valence-corrected chi connectivity index (χ2v) is 5.82. The number of Topliss-reactive ketones (excluding diaryl/α,β-unsaturated/α-hetero) is 2. The van der Waals surface area contributed by atoms with E-state index in [0.29, 0.717) is 30.8 Å². The van der Waals surface area contributed by atoms with Gasteiger partial charge in [0, 0.05) is 25.2 Å². The average molecular weight is 230 g/mol. The SMILES string of the molecule is O=C1CCC2(CC1)CC(=O)C1CC=CC=C1C2. The van der Waals surface area contributed by atoms with Crippen molar-refractivity contribution in [3.05, 3.63) is 23.8 Å². The van der Waals surface area contributed by atoms with Crippen molar-refractivity contribution in [2.75, 3.05) is 0 Å². The summed E-state index contributed by atoms with van der Waals surface area (Å²) < 4.78 is 0. The van der Waals surface area contributed by atoms with Crippen LogP contribution in [0, 0.1) is 11.3 Å². The summed E-state index contributed by atoms with van der Waals surface area (Å²) in [7, 11) is 0. The van der Waals surface area contributed by atoms with E-state index in [9.17, 15) is 9.59 Å². The van der Waals surface area contributed by atoms with Gasteiger partial charge in [0.25, 0.3) is 0 Å². The minimum atomic E-state index is 0.124. The fourth-order valence-electron chi connectivity index (χ4n) is 3.60. The number of rotatable bonds is 0. The predicted octanol–water partition coefficient (Wildman–Crippen LogP) is 2.98. The van der Waals surface area contributed by atoms with Crippen LogP contribution in [0.1, 0.15) is 44.9 Å².